The molecule has 0 saturated heterocycles. The molecule has 0 aromatic carbocycles. The number of carbonyl (C=O) groups is 1. The van der Waals surface area contributed by atoms with Crippen LogP contribution in [0.25, 0.3) is 0 Å². The number of aryl methyl sites for hydroxylation is 2. The molecule has 7 nitrogen and oxygen atoms in total. The van der Waals surface area contributed by atoms with Gasteiger partial charge in [0.1, 0.15) is 11.6 Å². The number of rotatable bonds is 3. The molecule has 2 aromatic heterocycles. The van der Waals surface area contributed by atoms with Crippen LogP contribution in [0.1, 0.15) is 60.2 Å². The van der Waals surface area contributed by atoms with E-state index >= 15 is 0 Å². The van der Waals surface area contributed by atoms with Gasteiger partial charge in [-0.1, -0.05) is 6.42 Å². The lowest BCUT2D eigenvalue weighted by Crippen LogP contribution is -2.31. The van der Waals surface area contributed by atoms with E-state index in [4.69, 9.17) is 0 Å². The normalized spacial score (nSPS) is 20.1. The van der Waals surface area contributed by atoms with Gasteiger partial charge in [-0.05, 0) is 39.0 Å². The third-order valence-electron chi connectivity index (χ3n) is 5.25. The number of fused-ring (bicyclic) bond motifs is 1. The SMILES string of the molecule is Cc1nc2c(c(C(F)(F)F)n1)CC(C(=O)Nc1n[nH]c(C3CCC3)n1)CC2. The molecule has 2 N–H and O–H groups in total. The molecule has 1 saturated carbocycles. The van der Waals surface area contributed by atoms with E-state index in [2.05, 4.69) is 30.5 Å². The van der Waals surface area contributed by atoms with Gasteiger partial charge in [0.25, 0.3) is 0 Å². The zero-order chi connectivity index (χ0) is 19.2. The van der Waals surface area contributed by atoms with Crippen molar-refractivity contribution < 1.29 is 18.0 Å². The van der Waals surface area contributed by atoms with Crippen LogP contribution in [0.2, 0.25) is 0 Å². The molecular weight excluding hydrogens is 361 g/mol. The van der Waals surface area contributed by atoms with Crippen LogP contribution in [0.5, 0.6) is 0 Å². The van der Waals surface area contributed by atoms with Gasteiger partial charge in [-0.25, -0.2) is 9.97 Å². The van der Waals surface area contributed by atoms with E-state index in [-0.39, 0.29) is 29.7 Å². The first-order valence-electron chi connectivity index (χ1n) is 8.98. The van der Waals surface area contributed by atoms with Gasteiger partial charge in [0.2, 0.25) is 11.9 Å². The molecular formula is C17H19F3N6O. The van der Waals surface area contributed by atoms with Crippen LogP contribution in [-0.2, 0) is 23.8 Å². The maximum atomic E-state index is 13.3. The summed E-state index contributed by atoms with van der Waals surface area (Å²) >= 11 is 0. The van der Waals surface area contributed by atoms with Gasteiger partial charge < -0.3 is 0 Å². The van der Waals surface area contributed by atoms with Crippen LogP contribution in [0.15, 0.2) is 0 Å². The monoisotopic (exact) mass is 380 g/mol. The Labute approximate surface area is 153 Å². The summed E-state index contributed by atoms with van der Waals surface area (Å²) in [5.74, 6) is 0.370. The lowest BCUT2D eigenvalue weighted by atomic mass is 9.85. The van der Waals surface area contributed by atoms with Crippen LogP contribution in [0.3, 0.4) is 0 Å². The molecule has 1 amide bonds. The van der Waals surface area contributed by atoms with E-state index in [1.54, 1.807) is 0 Å². The van der Waals surface area contributed by atoms with Gasteiger partial charge in [-0.2, -0.15) is 18.2 Å². The summed E-state index contributed by atoms with van der Waals surface area (Å²) in [6, 6.07) is 0. The molecule has 144 valence electrons. The second kappa shape index (κ2) is 6.58. The zero-order valence-corrected chi connectivity index (χ0v) is 14.7. The number of anilines is 1. The van der Waals surface area contributed by atoms with Gasteiger partial charge in [0.15, 0.2) is 5.69 Å². The van der Waals surface area contributed by atoms with Crippen molar-refractivity contribution in [1.29, 1.82) is 0 Å². The molecule has 2 heterocycles. The van der Waals surface area contributed by atoms with Crippen LogP contribution in [0.4, 0.5) is 19.1 Å². The molecule has 1 unspecified atom stereocenters. The van der Waals surface area contributed by atoms with Crippen molar-refractivity contribution in [1.82, 2.24) is 25.1 Å². The molecule has 0 radical (unpaired) electrons. The Bertz CT molecular complexity index is 874. The Hall–Kier alpha value is -2.52. The number of H-pyrrole nitrogens is 1. The highest BCUT2D eigenvalue weighted by molar-refractivity contribution is 5.91. The number of alkyl halides is 3. The topological polar surface area (TPSA) is 96.5 Å². The van der Waals surface area contributed by atoms with Crippen molar-refractivity contribution in [2.75, 3.05) is 5.32 Å². The second-order valence-corrected chi connectivity index (χ2v) is 7.14. The molecule has 2 aromatic rings. The molecule has 0 aliphatic heterocycles. The first kappa shape index (κ1) is 17.9. The number of halogens is 3. The fourth-order valence-electron chi connectivity index (χ4n) is 3.60. The first-order chi connectivity index (χ1) is 12.8. The van der Waals surface area contributed by atoms with Crippen LogP contribution < -0.4 is 5.32 Å². The molecule has 0 spiro atoms. The number of nitrogens with zero attached hydrogens (tertiary/aromatic N) is 4. The van der Waals surface area contributed by atoms with Crippen LogP contribution in [0, 0.1) is 12.8 Å². The van der Waals surface area contributed by atoms with Gasteiger partial charge in [-0.15, -0.1) is 5.10 Å². The summed E-state index contributed by atoms with van der Waals surface area (Å²) in [5.41, 5.74) is -0.540. The Balaban J connectivity index is 1.50. The van der Waals surface area contributed by atoms with Gasteiger partial charge in [0, 0.05) is 23.1 Å². The Morgan fingerprint density at radius 2 is 1.96 bits per heavy atom. The third kappa shape index (κ3) is 3.52. The number of hydrogen-bond donors (Lipinski definition) is 2. The minimum atomic E-state index is -4.57. The number of carbonyl (C=O) groups excluding carboxylic acids is 1. The number of aromatic nitrogens is 5. The van der Waals surface area contributed by atoms with Gasteiger partial charge >= 0.3 is 6.18 Å². The Kier molecular flexibility index (Phi) is 4.35. The van der Waals surface area contributed by atoms with E-state index in [1.807, 2.05) is 0 Å². The average molecular weight is 380 g/mol. The summed E-state index contributed by atoms with van der Waals surface area (Å²) in [6.45, 7) is 1.44. The molecule has 10 heteroatoms. The number of aromatic amines is 1. The maximum absolute atomic E-state index is 13.3. The summed E-state index contributed by atoms with van der Waals surface area (Å²) in [7, 11) is 0. The maximum Gasteiger partial charge on any atom is 0.433 e. The Morgan fingerprint density at radius 1 is 1.19 bits per heavy atom. The summed E-state index contributed by atoms with van der Waals surface area (Å²) in [4.78, 5) is 24.5. The largest absolute Gasteiger partial charge is 0.433 e. The highest BCUT2D eigenvalue weighted by Crippen LogP contribution is 2.36. The number of amides is 1. The highest BCUT2D eigenvalue weighted by atomic mass is 19.4. The summed E-state index contributed by atoms with van der Waals surface area (Å²) in [6.07, 6.45) is -0.650. The van der Waals surface area contributed by atoms with Crippen LogP contribution >= 0.6 is 0 Å². The molecule has 2 aliphatic carbocycles. The summed E-state index contributed by atoms with van der Waals surface area (Å²) in [5, 5.41) is 9.44. The van der Waals surface area contributed by atoms with Gasteiger partial charge in [-0.3, -0.25) is 15.2 Å². The molecule has 4 rings (SSSR count). The average Bonchev–Trinajstić information content (AvgIpc) is 2.98. The summed E-state index contributed by atoms with van der Waals surface area (Å²) < 4.78 is 40.0. The lowest BCUT2D eigenvalue weighted by molar-refractivity contribution is -0.142. The molecule has 27 heavy (non-hydrogen) atoms. The van der Waals surface area contributed by atoms with Crippen molar-refractivity contribution in [2.24, 2.45) is 5.92 Å². The van der Waals surface area contributed by atoms with Crippen molar-refractivity contribution in [2.45, 2.75) is 57.5 Å². The minimum Gasteiger partial charge on any atom is -0.293 e. The lowest BCUT2D eigenvalue weighted by Gasteiger charge is -2.25. The van der Waals surface area contributed by atoms with Gasteiger partial charge in [0.05, 0.1) is 0 Å². The molecule has 1 fully saturated rings. The predicted molar refractivity (Wildman–Crippen MR) is 88.9 cm³/mol. The first-order valence-corrected chi connectivity index (χ1v) is 8.98. The number of nitrogens with one attached hydrogen (secondary N) is 2. The van der Waals surface area contributed by atoms with E-state index < -0.39 is 17.8 Å². The highest BCUT2D eigenvalue weighted by Gasteiger charge is 2.40. The van der Waals surface area contributed by atoms with Crippen molar-refractivity contribution in [3.05, 3.63) is 28.6 Å². The Morgan fingerprint density at radius 3 is 2.63 bits per heavy atom. The van der Waals surface area contributed by atoms with Crippen LogP contribution in [-0.4, -0.2) is 31.1 Å². The molecule has 1 atom stereocenters. The van der Waals surface area contributed by atoms with Crippen molar-refractivity contribution in [3.63, 3.8) is 0 Å². The van der Waals surface area contributed by atoms with E-state index in [9.17, 15) is 18.0 Å². The van der Waals surface area contributed by atoms with Crippen molar-refractivity contribution >= 4 is 11.9 Å². The molecule has 2 aliphatic rings. The van der Waals surface area contributed by atoms with E-state index in [1.165, 1.54) is 6.92 Å². The fraction of sp³-hybridized carbons (Fsp3) is 0.588. The smallest absolute Gasteiger partial charge is 0.293 e. The number of hydrogen-bond acceptors (Lipinski definition) is 5. The minimum absolute atomic E-state index is 0.0182. The third-order valence-corrected chi connectivity index (χ3v) is 5.25. The fourth-order valence-corrected chi connectivity index (χ4v) is 3.60. The quantitative estimate of drug-likeness (QED) is 0.853. The standard InChI is InChI=1S/C17H19F3N6O/c1-8-21-12-6-5-10(7-11(12)13(22-8)17(18,19)20)15(27)24-16-23-14(25-26-16)9-3-2-4-9/h9-10H,2-7H2,1H3,(H2,23,24,25,26,27). The second-order valence-electron chi connectivity index (χ2n) is 7.14. The predicted octanol–water partition coefficient (Wildman–Crippen LogP) is 2.93. The molecule has 0 bridgehead atoms. The van der Waals surface area contributed by atoms with E-state index in [0.29, 0.717) is 24.5 Å². The van der Waals surface area contributed by atoms with Crippen molar-refractivity contribution in [3.8, 4) is 0 Å². The van der Waals surface area contributed by atoms with E-state index in [0.717, 1.165) is 25.1 Å². The zero-order valence-electron chi connectivity index (χ0n) is 14.7.